The third-order valence-corrected chi connectivity index (χ3v) is 4.39. The molecule has 0 aliphatic rings. The second-order valence-electron chi connectivity index (χ2n) is 6.10. The van der Waals surface area contributed by atoms with Gasteiger partial charge in [0.25, 0.3) is 5.91 Å². The number of rotatable bonds is 7. The molecule has 0 bridgehead atoms. The highest BCUT2D eigenvalue weighted by Crippen LogP contribution is 2.38. The van der Waals surface area contributed by atoms with Crippen molar-refractivity contribution >= 4 is 40.9 Å². The van der Waals surface area contributed by atoms with E-state index in [2.05, 4.69) is 10.6 Å². The van der Waals surface area contributed by atoms with E-state index in [1.807, 2.05) is 0 Å². The molecule has 2 aromatic carbocycles. The number of thiocarbonyl (C=S) groups is 1. The molecule has 0 aromatic heterocycles. The topological polar surface area (TPSA) is 121 Å². The van der Waals surface area contributed by atoms with E-state index < -0.39 is 17.8 Å². The maximum Gasteiger partial charge on any atom is 0.337 e. The Morgan fingerprint density at radius 2 is 1.22 bits per heavy atom. The van der Waals surface area contributed by atoms with Gasteiger partial charge in [-0.15, -0.1) is 0 Å². The summed E-state index contributed by atoms with van der Waals surface area (Å²) in [5, 5.41) is 5.18. The highest BCUT2D eigenvalue weighted by atomic mass is 32.1. The van der Waals surface area contributed by atoms with Gasteiger partial charge in [-0.25, -0.2) is 9.59 Å². The van der Waals surface area contributed by atoms with E-state index in [9.17, 15) is 14.4 Å². The zero-order chi connectivity index (χ0) is 23.8. The average Bonchev–Trinajstić information content (AvgIpc) is 2.81. The SMILES string of the molecule is COC(=O)c1cc(NC(=S)NC(=O)c2cc(OC)c(OC)c(OC)c2)cc(C(=O)OC)c1. The van der Waals surface area contributed by atoms with E-state index in [0.29, 0.717) is 17.2 Å². The Labute approximate surface area is 189 Å². The largest absolute Gasteiger partial charge is 0.493 e. The highest BCUT2D eigenvalue weighted by molar-refractivity contribution is 7.80. The van der Waals surface area contributed by atoms with Gasteiger partial charge in [0.15, 0.2) is 16.6 Å². The van der Waals surface area contributed by atoms with E-state index in [1.165, 1.54) is 65.9 Å². The molecule has 10 nitrogen and oxygen atoms in total. The molecule has 0 saturated carbocycles. The average molecular weight is 462 g/mol. The van der Waals surface area contributed by atoms with Crippen LogP contribution in [0.5, 0.6) is 17.2 Å². The summed E-state index contributed by atoms with van der Waals surface area (Å²) in [6, 6.07) is 7.08. The normalized spacial score (nSPS) is 9.91. The van der Waals surface area contributed by atoms with E-state index >= 15 is 0 Å². The minimum atomic E-state index is -0.661. The van der Waals surface area contributed by atoms with Crippen molar-refractivity contribution in [2.24, 2.45) is 0 Å². The zero-order valence-electron chi connectivity index (χ0n) is 18.1. The van der Waals surface area contributed by atoms with Gasteiger partial charge in [-0.1, -0.05) is 0 Å². The molecule has 0 spiro atoms. The number of anilines is 1. The van der Waals surface area contributed by atoms with Gasteiger partial charge in [0.05, 0.1) is 46.7 Å². The predicted octanol–water partition coefficient (Wildman–Crippen LogP) is 2.41. The van der Waals surface area contributed by atoms with Crippen LogP contribution in [0.2, 0.25) is 0 Å². The third kappa shape index (κ3) is 5.64. The number of carbonyl (C=O) groups is 3. The zero-order valence-corrected chi connectivity index (χ0v) is 18.9. The monoisotopic (exact) mass is 462 g/mol. The maximum absolute atomic E-state index is 12.7. The lowest BCUT2D eigenvalue weighted by Gasteiger charge is -2.15. The molecule has 0 aliphatic heterocycles. The molecule has 1 amide bonds. The van der Waals surface area contributed by atoms with E-state index in [-0.39, 0.29) is 27.5 Å². The second kappa shape index (κ2) is 11.0. The van der Waals surface area contributed by atoms with Gasteiger partial charge in [-0.2, -0.15) is 0 Å². The Morgan fingerprint density at radius 1 is 0.719 bits per heavy atom. The first kappa shape index (κ1) is 24.4. The van der Waals surface area contributed by atoms with Crippen molar-refractivity contribution in [3.8, 4) is 17.2 Å². The molecule has 170 valence electrons. The number of hydrogen-bond acceptors (Lipinski definition) is 9. The molecule has 2 N–H and O–H groups in total. The van der Waals surface area contributed by atoms with Crippen molar-refractivity contribution in [1.82, 2.24) is 5.32 Å². The summed E-state index contributed by atoms with van der Waals surface area (Å²) in [6.45, 7) is 0. The van der Waals surface area contributed by atoms with E-state index in [4.69, 9.17) is 35.9 Å². The Balaban J connectivity index is 2.26. The lowest BCUT2D eigenvalue weighted by molar-refractivity contribution is 0.0599. The van der Waals surface area contributed by atoms with Crippen LogP contribution in [0.15, 0.2) is 30.3 Å². The van der Waals surface area contributed by atoms with Crippen molar-refractivity contribution < 1.29 is 38.1 Å². The standard InChI is InChI=1S/C21H22N2O8S/c1-27-15-9-11(10-16(28-2)17(15)29-3)18(24)23-21(32)22-14-7-12(19(25)30-4)6-13(8-14)20(26)31-5/h6-10H,1-5H3,(H2,22,23,24,32). The number of carbonyl (C=O) groups excluding carboxylic acids is 3. The van der Waals surface area contributed by atoms with Gasteiger partial charge in [0.1, 0.15) is 0 Å². The van der Waals surface area contributed by atoms with Gasteiger partial charge in [0, 0.05) is 11.3 Å². The molecule has 32 heavy (non-hydrogen) atoms. The fourth-order valence-corrected chi connectivity index (χ4v) is 2.93. The summed E-state index contributed by atoms with van der Waals surface area (Å²) in [5.41, 5.74) is 0.652. The Morgan fingerprint density at radius 3 is 1.62 bits per heavy atom. The third-order valence-electron chi connectivity index (χ3n) is 4.19. The van der Waals surface area contributed by atoms with Crippen LogP contribution in [0.25, 0.3) is 0 Å². The highest BCUT2D eigenvalue weighted by Gasteiger charge is 2.19. The van der Waals surface area contributed by atoms with Crippen LogP contribution >= 0.6 is 12.2 Å². The Hall–Kier alpha value is -3.86. The van der Waals surface area contributed by atoms with Crippen LogP contribution in [0.3, 0.4) is 0 Å². The summed E-state index contributed by atoms with van der Waals surface area (Å²) in [7, 11) is 6.73. The molecule has 0 fully saturated rings. The molecular formula is C21H22N2O8S. The number of benzene rings is 2. The fraction of sp³-hybridized carbons (Fsp3) is 0.238. The van der Waals surface area contributed by atoms with Crippen LogP contribution in [-0.4, -0.2) is 58.5 Å². The van der Waals surface area contributed by atoms with Gasteiger partial charge in [-0.05, 0) is 42.5 Å². The van der Waals surface area contributed by atoms with Crippen LogP contribution in [0.1, 0.15) is 31.1 Å². The number of amides is 1. The molecular weight excluding hydrogens is 440 g/mol. The molecule has 0 radical (unpaired) electrons. The fourth-order valence-electron chi connectivity index (χ4n) is 2.72. The molecule has 11 heteroatoms. The van der Waals surface area contributed by atoms with E-state index in [0.717, 1.165) is 0 Å². The first-order chi connectivity index (χ1) is 15.3. The quantitative estimate of drug-likeness (QED) is 0.469. The Kier molecular flexibility index (Phi) is 8.36. The minimum Gasteiger partial charge on any atom is -0.493 e. The molecule has 2 aromatic rings. The lowest BCUT2D eigenvalue weighted by atomic mass is 10.1. The van der Waals surface area contributed by atoms with Gasteiger partial charge < -0.3 is 29.0 Å². The lowest BCUT2D eigenvalue weighted by Crippen LogP contribution is -2.34. The minimum absolute atomic E-state index is 0.0819. The van der Waals surface area contributed by atoms with Crippen molar-refractivity contribution in [1.29, 1.82) is 0 Å². The van der Waals surface area contributed by atoms with Crippen molar-refractivity contribution in [3.05, 3.63) is 47.0 Å². The number of ether oxygens (including phenoxy) is 5. The first-order valence-electron chi connectivity index (χ1n) is 9.02. The number of hydrogen-bond donors (Lipinski definition) is 2. The van der Waals surface area contributed by atoms with Crippen LogP contribution < -0.4 is 24.8 Å². The molecule has 0 saturated heterocycles. The second-order valence-corrected chi connectivity index (χ2v) is 6.51. The van der Waals surface area contributed by atoms with Crippen molar-refractivity contribution in [3.63, 3.8) is 0 Å². The maximum atomic E-state index is 12.7. The number of esters is 2. The summed E-state index contributed by atoms with van der Waals surface area (Å²) in [6.07, 6.45) is 0. The van der Waals surface area contributed by atoms with Crippen molar-refractivity contribution in [2.75, 3.05) is 40.9 Å². The first-order valence-corrected chi connectivity index (χ1v) is 9.42. The van der Waals surface area contributed by atoms with Gasteiger partial charge >= 0.3 is 11.9 Å². The molecule has 2 rings (SSSR count). The summed E-state index contributed by atoms with van der Waals surface area (Å²) >= 11 is 5.20. The summed E-state index contributed by atoms with van der Waals surface area (Å²) < 4.78 is 25.1. The number of nitrogens with one attached hydrogen (secondary N) is 2. The summed E-state index contributed by atoms with van der Waals surface area (Å²) in [5.74, 6) is -0.951. The smallest absolute Gasteiger partial charge is 0.337 e. The molecule has 0 heterocycles. The van der Waals surface area contributed by atoms with Gasteiger partial charge in [-0.3, -0.25) is 10.1 Å². The van der Waals surface area contributed by atoms with Crippen LogP contribution in [-0.2, 0) is 9.47 Å². The van der Waals surface area contributed by atoms with Crippen LogP contribution in [0.4, 0.5) is 5.69 Å². The Bertz CT molecular complexity index is 995. The molecule has 0 unspecified atom stereocenters. The van der Waals surface area contributed by atoms with Crippen LogP contribution in [0, 0.1) is 0 Å². The summed E-state index contributed by atoms with van der Waals surface area (Å²) in [4.78, 5) is 36.5. The molecule has 0 aliphatic carbocycles. The van der Waals surface area contributed by atoms with Gasteiger partial charge in [0.2, 0.25) is 5.75 Å². The van der Waals surface area contributed by atoms with E-state index in [1.54, 1.807) is 0 Å². The molecule has 0 atom stereocenters. The number of methoxy groups -OCH3 is 5. The van der Waals surface area contributed by atoms with Crippen molar-refractivity contribution in [2.45, 2.75) is 0 Å². The predicted molar refractivity (Wildman–Crippen MR) is 119 cm³/mol.